The molecule has 2 aromatic carbocycles. The van der Waals surface area contributed by atoms with E-state index in [1.807, 2.05) is 62.4 Å². The van der Waals surface area contributed by atoms with Crippen molar-refractivity contribution in [3.05, 3.63) is 77.4 Å². The third-order valence-corrected chi connectivity index (χ3v) is 4.76. The van der Waals surface area contributed by atoms with E-state index in [1.54, 1.807) is 12.1 Å². The van der Waals surface area contributed by atoms with Crippen molar-refractivity contribution in [3.8, 4) is 5.75 Å². The number of nitrogens with one attached hydrogen (secondary N) is 1. The van der Waals surface area contributed by atoms with E-state index in [1.165, 1.54) is 4.90 Å². The maximum atomic E-state index is 13.2. The summed E-state index contributed by atoms with van der Waals surface area (Å²) in [5.41, 5.74) is 9.27. The molecule has 1 aliphatic rings. The minimum absolute atomic E-state index is 0.206. The minimum atomic E-state index is -0.863. The molecule has 7 nitrogen and oxygen atoms in total. The quantitative estimate of drug-likeness (QED) is 0.697. The van der Waals surface area contributed by atoms with E-state index >= 15 is 0 Å². The summed E-state index contributed by atoms with van der Waals surface area (Å²) in [4.78, 5) is 31.6. The Morgan fingerprint density at radius 2 is 1.80 bits per heavy atom. The van der Waals surface area contributed by atoms with Gasteiger partial charge in [0.1, 0.15) is 12.4 Å². The molecule has 2 amide bonds. The number of carbonyl (C=O) groups excluding carboxylic acids is 2. The number of ether oxygens (including phenoxy) is 1. The number of aryl methyl sites for hydroxylation is 2. The Morgan fingerprint density at radius 1 is 1.10 bits per heavy atom. The lowest BCUT2D eigenvalue weighted by molar-refractivity contribution is -0.128. The lowest BCUT2D eigenvalue weighted by atomic mass is 10.1. The average molecular weight is 402 g/mol. The normalized spacial score (nSPS) is 15.3. The molecule has 30 heavy (non-hydrogen) atoms. The molecular formula is C23H22N4O3. The van der Waals surface area contributed by atoms with E-state index in [-0.39, 0.29) is 30.0 Å². The first kappa shape index (κ1) is 19.4. The number of aromatic nitrogens is 1. The van der Waals surface area contributed by atoms with Gasteiger partial charge in [0.2, 0.25) is 12.0 Å². The van der Waals surface area contributed by atoms with Crippen LogP contribution in [0.25, 0.3) is 0 Å². The third-order valence-electron chi connectivity index (χ3n) is 4.76. The van der Waals surface area contributed by atoms with Crippen LogP contribution in [0.4, 0.5) is 17.3 Å². The van der Waals surface area contributed by atoms with E-state index in [2.05, 4.69) is 10.3 Å². The monoisotopic (exact) mass is 402 g/mol. The highest BCUT2D eigenvalue weighted by Crippen LogP contribution is 2.38. The number of carbonyl (C=O) groups is 2. The summed E-state index contributed by atoms with van der Waals surface area (Å²) in [7, 11) is 0. The van der Waals surface area contributed by atoms with Crippen LogP contribution in [0, 0.1) is 13.8 Å². The molecule has 1 unspecified atom stereocenters. The Bertz CT molecular complexity index is 1090. The van der Waals surface area contributed by atoms with Gasteiger partial charge >= 0.3 is 0 Å². The van der Waals surface area contributed by atoms with Gasteiger partial charge in [-0.1, -0.05) is 36.4 Å². The van der Waals surface area contributed by atoms with Gasteiger partial charge in [-0.2, -0.15) is 0 Å². The van der Waals surface area contributed by atoms with Crippen molar-refractivity contribution in [1.82, 2.24) is 4.98 Å². The number of nitrogens with zero attached hydrogens (tertiary/aromatic N) is 2. The Kier molecular flexibility index (Phi) is 5.10. The predicted octanol–water partition coefficient (Wildman–Crippen LogP) is 3.39. The first-order valence-corrected chi connectivity index (χ1v) is 9.58. The molecule has 3 N–H and O–H groups in total. The minimum Gasteiger partial charge on any atom is -0.472 e. The summed E-state index contributed by atoms with van der Waals surface area (Å²) in [5.74, 6) is 0.169. The van der Waals surface area contributed by atoms with Crippen molar-refractivity contribution in [1.29, 1.82) is 0 Å². The zero-order chi connectivity index (χ0) is 21.3. The summed E-state index contributed by atoms with van der Waals surface area (Å²) in [6.07, 6.45) is -0.863. The molecule has 1 atom stereocenters. The topological polar surface area (TPSA) is 97.5 Å². The molecule has 0 bridgehead atoms. The standard InChI is InChI=1S/C23H22N4O3/c1-14-10-15(2)12-17(11-14)25-20(28)13-27-22-18(8-9-19(24)26-22)30-21(23(27)29)16-6-4-3-5-7-16/h3-12,21H,13H2,1-2H3,(H2,24,26)(H,25,28). The number of amides is 2. The molecule has 4 rings (SSSR count). The van der Waals surface area contributed by atoms with E-state index in [0.29, 0.717) is 17.0 Å². The molecule has 1 aromatic heterocycles. The maximum absolute atomic E-state index is 13.2. The van der Waals surface area contributed by atoms with Gasteiger partial charge in [-0.3, -0.25) is 14.5 Å². The van der Waals surface area contributed by atoms with Crippen LogP contribution in [0.1, 0.15) is 22.8 Å². The van der Waals surface area contributed by atoms with Gasteiger partial charge < -0.3 is 15.8 Å². The summed E-state index contributed by atoms with van der Waals surface area (Å²) in [6.45, 7) is 3.71. The van der Waals surface area contributed by atoms with Crippen molar-refractivity contribution in [2.45, 2.75) is 20.0 Å². The fourth-order valence-electron chi connectivity index (χ4n) is 3.54. The number of hydrogen-bond acceptors (Lipinski definition) is 5. The molecule has 0 radical (unpaired) electrons. The first-order valence-electron chi connectivity index (χ1n) is 9.58. The van der Waals surface area contributed by atoms with Gasteiger partial charge in [-0.05, 0) is 49.2 Å². The van der Waals surface area contributed by atoms with E-state index in [4.69, 9.17) is 10.5 Å². The second-order valence-electron chi connectivity index (χ2n) is 7.32. The van der Waals surface area contributed by atoms with Crippen LogP contribution in [0.5, 0.6) is 5.75 Å². The highest BCUT2D eigenvalue weighted by molar-refractivity contribution is 6.06. The van der Waals surface area contributed by atoms with Crippen LogP contribution in [0.15, 0.2) is 60.7 Å². The van der Waals surface area contributed by atoms with Gasteiger partial charge in [-0.25, -0.2) is 4.98 Å². The highest BCUT2D eigenvalue weighted by Gasteiger charge is 2.37. The van der Waals surface area contributed by atoms with Crippen LogP contribution < -0.4 is 20.7 Å². The second-order valence-corrected chi connectivity index (χ2v) is 7.32. The van der Waals surface area contributed by atoms with Gasteiger partial charge in [0.15, 0.2) is 11.6 Å². The van der Waals surface area contributed by atoms with Crippen LogP contribution in [-0.4, -0.2) is 23.3 Å². The molecular weight excluding hydrogens is 380 g/mol. The first-order chi connectivity index (χ1) is 14.4. The number of anilines is 3. The summed E-state index contributed by atoms with van der Waals surface area (Å²) >= 11 is 0. The van der Waals surface area contributed by atoms with E-state index in [9.17, 15) is 9.59 Å². The number of nitrogens with two attached hydrogens (primary N) is 1. The molecule has 0 aliphatic carbocycles. The van der Waals surface area contributed by atoms with E-state index < -0.39 is 6.10 Å². The van der Waals surface area contributed by atoms with Crippen molar-refractivity contribution >= 4 is 29.1 Å². The van der Waals surface area contributed by atoms with Gasteiger partial charge in [-0.15, -0.1) is 0 Å². The average Bonchev–Trinajstić information content (AvgIpc) is 2.70. The van der Waals surface area contributed by atoms with E-state index in [0.717, 1.165) is 11.1 Å². The summed E-state index contributed by atoms with van der Waals surface area (Å²) < 4.78 is 5.91. The number of hydrogen-bond donors (Lipinski definition) is 2. The maximum Gasteiger partial charge on any atom is 0.274 e. The fraction of sp³-hybridized carbons (Fsp3) is 0.174. The van der Waals surface area contributed by atoms with Crippen molar-refractivity contribution in [3.63, 3.8) is 0 Å². The second kappa shape index (κ2) is 7.87. The molecule has 2 heterocycles. The SMILES string of the molecule is Cc1cc(C)cc(NC(=O)CN2C(=O)C(c3ccccc3)Oc3ccc(N)nc32)c1. The zero-order valence-electron chi connectivity index (χ0n) is 16.8. The lowest BCUT2D eigenvalue weighted by Crippen LogP contribution is -2.45. The summed E-state index contributed by atoms with van der Waals surface area (Å²) in [5, 5.41) is 2.86. The van der Waals surface area contributed by atoms with Crippen molar-refractivity contribution in [2.75, 3.05) is 22.5 Å². The fourth-order valence-corrected chi connectivity index (χ4v) is 3.54. The third kappa shape index (κ3) is 3.96. The number of rotatable bonds is 4. The van der Waals surface area contributed by atoms with Crippen LogP contribution in [-0.2, 0) is 9.59 Å². The van der Waals surface area contributed by atoms with Crippen LogP contribution in [0.2, 0.25) is 0 Å². The number of pyridine rings is 1. The Balaban J connectivity index is 1.63. The lowest BCUT2D eigenvalue weighted by Gasteiger charge is -2.33. The molecule has 7 heteroatoms. The summed E-state index contributed by atoms with van der Waals surface area (Å²) in [6, 6.07) is 18.2. The Hall–Kier alpha value is -3.87. The molecule has 1 aliphatic heterocycles. The highest BCUT2D eigenvalue weighted by atomic mass is 16.5. The molecule has 3 aromatic rings. The molecule has 0 saturated carbocycles. The van der Waals surface area contributed by atoms with Crippen molar-refractivity contribution < 1.29 is 14.3 Å². The Morgan fingerprint density at radius 3 is 2.50 bits per heavy atom. The molecule has 0 fully saturated rings. The zero-order valence-corrected chi connectivity index (χ0v) is 16.8. The van der Waals surface area contributed by atoms with Gasteiger partial charge in [0.05, 0.1) is 0 Å². The van der Waals surface area contributed by atoms with Gasteiger partial charge in [0, 0.05) is 11.3 Å². The molecule has 0 saturated heterocycles. The molecule has 0 spiro atoms. The number of benzene rings is 2. The number of fused-ring (bicyclic) bond motifs is 1. The predicted molar refractivity (Wildman–Crippen MR) is 115 cm³/mol. The number of nitrogen functional groups attached to an aromatic ring is 1. The smallest absolute Gasteiger partial charge is 0.274 e. The van der Waals surface area contributed by atoms with Crippen LogP contribution >= 0.6 is 0 Å². The van der Waals surface area contributed by atoms with Gasteiger partial charge in [0.25, 0.3) is 5.91 Å². The molecule has 152 valence electrons. The van der Waals surface area contributed by atoms with Crippen molar-refractivity contribution in [2.24, 2.45) is 0 Å². The Labute approximate surface area is 174 Å². The largest absolute Gasteiger partial charge is 0.472 e. The van der Waals surface area contributed by atoms with Crippen LogP contribution in [0.3, 0.4) is 0 Å².